The molecule has 1 aliphatic heterocycles. The fourth-order valence-corrected chi connectivity index (χ4v) is 2.80. The second-order valence-electron chi connectivity index (χ2n) is 5.12. The minimum absolute atomic E-state index is 0.0607. The average Bonchev–Trinajstić information content (AvgIpc) is 2.74. The first-order chi connectivity index (χ1) is 9.77. The third-order valence-electron chi connectivity index (χ3n) is 3.77. The zero-order valence-electron chi connectivity index (χ0n) is 11.2. The predicted molar refractivity (Wildman–Crippen MR) is 77.2 cm³/mol. The number of nitrogens with zero attached hydrogens (tertiary/aromatic N) is 3. The third-order valence-corrected chi connectivity index (χ3v) is 3.77. The van der Waals surface area contributed by atoms with Crippen molar-refractivity contribution in [1.82, 2.24) is 10.2 Å². The highest BCUT2D eigenvalue weighted by molar-refractivity contribution is 6.02. The highest BCUT2D eigenvalue weighted by Gasteiger charge is 2.22. The van der Waals surface area contributed by atoms with Gasteiger partial charge in [-0.05, 0) is 18.9 Å². The van der Waals surface area contributed by atoms with Gasteiger partial charge in [0.15, 0.2) is 5.69 Å². The SMILES string of the molecule is O=C(O)c1nnc2ccccc2c1N1CCCCCC1. The fourth-order valence-electron chi connectivity index (χ4n) is 2.80. The maximum Gasteiger partial charge on any atom is 0.358 e. The number of rotatable bonds is 2. The molecule has 0 bridgehead atoms. The molecule has 3 rings (SSSR count). The van der Waals surface area contributed by atoms with Crippen molar-refractivity contribution < 1.29 is 9.90 Å². The molecule has 0 radical (unpaired) electrons. The van der Waals surface area contributed by atoms with Crippen LogP contribution >= 0.6 is 0 Å². The van der Waals surface area contributed by atoms with E-state index in [1.807, 2.05) is 24.3 Å². The van der Waals surface area contributed by atoms with Crippen molar-refractivity contribution in [2.24, 2.45) is 0 Å². The Morgan fingerprint density at radius 3 is 2.45 bits per heavy atom. The highest BCUT2D eigenvalue weighted by Crippen LogP contribution is 2.30. The average molecular weight is 271 g/mol. The van der Waals surface area contributed by atoms with E-state index in [0.717, 1.165) is 42.5 Å². The molecule has 5 heteroatoms. The van der Waals surface area contributed by atoms with Crippen LogP contribution in [0, 0.1) is 0 Å². The summed E-state index contributed by atoms with van der Waals surface area (Å²) in [6.45, 7) is 1.77. The molecule has 20 heavy (non-hydrogen) atoms. The summed E-state index contributed by atoms with van der Waals surface area (Å²) in [5, 5.41) is 18.2. The van der Waals surface area contributed by atoms with E-state index in [1.165, 1.54) is 12.8 Å². The number of hydrogen-bond donors (Lipinski definition) is 1. The molecule has 0 atom stereocenters. The smallest absolute Gasteiger partial charge is 0.358 e. The lowest BCUT2D eigenvalue weighted by Crippen LogP contribution is -2.27. The first kappa shape index (κ1) is 12.8. The largest absolute Gasteiger partial charge is 0.476 e. The van der Waals surface area contributed by atoms with Crippen molar-refractivity contribution in [1.29, 1.82) is 0 Å². The molecule has 2 aromatic rings. The molecular weight excluding hydrogens is 254 g/mol. The van der Waals surface area contributed by atoms with E-state index in [9.17, 15) is 9.90 Å². The van der Waals surface area contributed by atoms with Gasteiger partial charge >= 0.3 is 5.97 Å². The first-order valence-corrected chi connectivity index (χ1v) is 7.01. The number of aromatic carboxylic acids is 1. The summed E-state index contributed by atoms with van der Waals surface area (Å²) in [6, 6.07) is 7.60. The lowest BCUT2D eigenvalue weighted by molar-refractivity contribution is 0.0690. The van der Waals surface area contributed by atoms with Gasteiger partial charge in [0.2, 0.25) is 0 Å². The molecule has 5 nitrogen and oxygen atoms in total. The van der Waals surface area contributed by atoms with E-state index in [1.54, 1.807) is 0 Å². The van der Waals surface area contributed by atoms with Crippen molar-refractivity contribution >= 4 is 22.6 Å². The summed E-state index contributed by atoms with van der Waals surface area (Å²) < 4.78 is 0. The Balaban J connectivity index is 2.18. The fraction of sp³-hybridized carbons (Fsp3) is 0.400. The summed E-state index contributed by atoms with van der Waals surface area (Å²) in [5.74, 6) is -1.01. The number of carbonyl (C=O) groups is 1. The van der Waals surface area contributed by atoms with Gasteiger partial charge in [0, 0.05) is 18.5 Å². The topological polar surface area (TPSA) is 66.3 Å². The lowest BCUT2D eigenvalue weighted by Gasteiger charge is -2.24. The van der Waals surface area contributed by atoms with E-state index in [2.05, 4.69) is 15.1 Å². The minimum atomic E-state index is -1.01. The van der Waals surface area contributed by atoms with Gasteiger partial charge in [-0.1, -0.05) is 31.0 Å². The summed E-state index contributed by atoms with van der Waals surface area (Å²) in [7, 11) is 0. The maximum atomic E-state index is 11.5. The van der Waals surface area contributed by atoms with Gasteiger partial charge in [-0.15, -0.1) is 10.2 Å². The molecule has 1 saturated heterocycles. The van der Waals surface area contributed by atoms with Crippen LogP contribution in [0.15, 0.2) is 24.3 Å². The number of fused-ring (bicyclic) bond motifs is 1. The molecule has 0 unspecified atom stereocenters. The molecular formula is C15H17N3O2. The molecule has 1 aromatic carbocycles. The van der Waals surface area contributed by atoms with Gasteiger partial charge < -0.3 is 10.0 Å². The Kier molecular flexibility index (Phi) is 3.50. The van der Waals surface area contributed by atoms with E-state index in [-0.39, 0.29) is 5.69 Å². The van der Waals surface area contributed by atoms with Crippen LogP contribution in [0.1, 0.15) is 36.2 Å². The zero-order chi connectivity index (χ0) is 13.9. The minimum Gasteiger partial charge on any atom is -0.476 e. The van der Waals surface area contributed by atoms with Crippen LogP contribution in [0.5, 0.6) is 0 Å². The van der Waals surface area contributed by atoms with Gasteiger partial charge in [0.05, 0.1) is 11.2 Å². The van der Waals surface area contributed by atoms with Crippen LogP contribution in [-0.4, -0.2) is 34.4 Å². The van der Waals surface area contributed by atoms with Crippen molar-refractivity contribution in [2.75, 3.05) is 18.0 Å². The van der Waals surface area contributed by atoms with Crippen molar-refractivity contribution in [3.8, 4) is 0 Å². The van der Waals surface area contributed by atoms with Gasteiger partial charge in [-0.2, -0.15) is 0 Å². The van der Waals surface area contributed by atoms with Gasteiger partial charge in [0.25, 0.3) is 0 Å². The van der Waals surface area contributed by atoms with Gasteiger partial charge in [-0.3, -0.25) is 0 Å². The van der Waals surface area contributed by atoms with Gasteiger partial charge in [-0.25, -0.2) is 4.79 Å². The third kappa shape index (κ3) is 2.31. The second kappa shape index (κ2) is 5.45. The standard InChI is InChI=1S/C15H17N3O2/c19-15(20)13-14(18-9-5-1-2-6-10-18)11-7-3-4-8-12(11)16-17-13/h3-4,7-8H,1-2,5-6,9-10H2,(H,19,20). The number of aromatic nitrogens is 2. The highest BCUT2D eigenvalue weighted by atomic mass is 16.4. The van der Waals surface area contributed by atoms with Crippen molar-refractivity contribution in [3.63, 3.8) is 0 Å². The molecule has 104 valence electrons. The van der Waals surface area contributed by atoms with E-state index < -0.39 is 5.97 Å². The van der Waals surface area contributed by atoms with E-state index in [0.29, 0.717) is 0 Å². The van der Waals surface area contributed by atoms with Crippen LogP contribution in [0.4, 0.5) is 5.69 Å². The molecule has 1 fully saturated rings. The van der Waals surface area contributed by atoms with E-state index in [4.69, 9.17) is 0 Å². The van der Waals surface area contributed by atoms with Crippen molar-refractivity contribution in [3.05, 3.63) is 30.0 Å². The Labute approximate surface area is 117 Å². The summed E-state index contributed by atoms with van der Waals surface area (Å²) in [6.07, 6.45) is 4.59. The molecule has 0 aliphatic carbocycles. The first-order valence-electron chi connectivity index (χ1n) is 7.01. The number of carboxylic acid groups (broad SMARTS) is 1. The molecule has 0 spiro atoms. The Hall–Kier alpha value is -2.17. The van der Waals surface area contributed by atoms with Crippen LogP contribution in [0.2, 0.25) is 0 Å². The molecule has 2 heterocycles. The quantitative estimate of drug-likeness (QED) is 0.909. The van der Waals surface area contributed by atoms with Crippen LogP contribution in [-0.2, 0) is 0 Å². The predicted octanol–water partition coefficient (Wildman–Crippen LogP) is 2.71. The summed E-state index contributed by atoms with van der Waals surface area (Å²) >= 11 is 0. The Morgan fingerprint density at radius 2 is 1.75 bits per heavy atom. The number of carboxylic acids is 1. The second-order valence-corrected chi connectivity index (χ2v) is 5.12. The molecule has 1 aliphatic rings. The number of benzene rings is 1. The summed E-state index contributed by atoms with van der Waals surface area (Å²) in [4.78, 5) is 13.6. The maximum absolute atomic E-state index is 11.5. The van der Waals surface area contributed by atoms with Crippen molar-refractivity contribution in [2.45, 2.75) is 25.7 Å². The van der Waals surface area contributed by atoms with Crippen LogP contribution in [0.25, 0.3) is 10.9 Å². The molecule has 0 amide bonds. The number of anilines is 1. The molecule has 1 aromatic heterocycles. The molecule has 0 saturated carbocycles. The Morgan fingerprint density at radius 1 is 1.05 bits per heavy atom. The van der Waals surface area contributed by atoms with E-state index >= 15 is 0 Å². The monoisotopic (exact) mass is 271 g/mol. The van der Waals surface area contributed by atoms with Crippen LogP contribution < -0.4 is 4.90 Å². The molecule has 1 N–H and O–H groups in total. The number of hydrogen-bond acceptors (Lipinski definition) is 4. The van der Waals surface area contributed by atoms with Crippen LogP contribution in [0.3, 0.4) is 0 Å². The lowest BCUT2D eigenvalue weighted by atomic mass is 10.1. The zero-order valence-corrected chi connectivity index (χ0v) is 11.2. The van der Waals surface area contributed by atoms with Gasteiger partial charge in [0.1, 0.15) is 0 Å². The normalized spacial score (nSPS) is 16.1. The Bertz CT molecular complexity index is 634. The summed E-state index contributed by atoms with van der Waals surface area (Å²) in [5.41, 5.74) is 1.53.